The molecule has 1 unspecified atom stereocenters. The first kappa shape index (κ1) is 12.8. The van der Waals surface area contributed by atoms with E-state index >= 15 is 0 Å². The van der Waals surface area contributed by atoms with Gasteiger partial charge < -0.3 is 5.73 Å². The molecule has 0 amide bonds. The van der Waals surface area contributed by atoms with E-state index in [-0.39, 0.29) is 6.04 Å². The fourth-order valence-electron chi connectivity index (χ4n) is 1.71. The standard InChI is InChI=1S/C12H12Cl2N2S/c1-7-12(17-6-16-7)11(15)5-8-9(13)3-2-4-10(8)14/h2-4,6,11H,5,15H2,1H3. The first-order valence-corrected chi connectivity index (χ1v) is 6.81. The van der Waals surface area contributed by atoms with Crippen molar-refractivity contribution in [1.29, 1.82) is 0 Å². The van der Waals surface area contributed by atoms with Gasteiger partial charge in [0.15, 0.2) is 0 Å². The molecule has 17 heavy (non-hydrogen) atoms. The summed E-state index contributed by atoms with van der Waals surface area (Å²) in [5.41, 5.74) is 9.84. The van der Waals surface area contributed by atoms with E-state index in [1.54, 1.807) is 16.8 Å². The van der Waals surface area contributed by atoms with Crippen LogP contribution in [0.5, 0.6) is 0 Å². The van der Waals surface area contributed by atoms with Gasteiger partial charge in [-0.15, -0.1) is 11.3 Å². The molecule has 0 aliphatic carbocycles. The number of nitrogens with zero attached hydrogens (tertiary/aromatic N) is 1. The van der Waals surface area contributed by atoms with Gasteiger partial charge in [0.05, 0.1) is 11.2 Å². The number of hydrogen-bond acceptors (Lipinski definition) is 3. The van der Waals surface area contributed by atoms with Gasteiger partial charge in [0, 0.05) is 21.0 Å². The van der Waals surface area contributed by atoms with Gasteiger partial charge in [-0.2, -0.15) is 0 Å². The van der Waals surface area contributed by atoms with Crippen molar-refractivity contribution in [2.75, 3.05) is 0 Å². The van der Waals surface area contributed by atoms with Crippen molar-refractivity contribution in [2.24, 2.45) is 5.73 Å². The third-order valence-electron chi connectivity index (χ3n) is 2.61. The second kappa shape index (κ2) is 5.36. The number of benzene rings is 1. The van der Waals surface area contributed by atoms with E-state index in [1.807, 2.05) is 25.1 Å². The minimum absolute atomic E-state index is 0.111. The van der Waals surface area contributed by atoms with Crippen LogP contribution in [-0.4, -0.2) is 4.98 Å². The monoisotopic (exact) mass is 286 g/mol. The Kier molecular flexibility index (Phi) is 4.05. The van der Waals surface area contributed by atoms with Gasteiger partial charge in [-0.3, -0.25) is 0 Å². The fourth-order valence-corrected chi connectivity index (χ4v) is 3.06. The SMILES string of the molecule is Cc1ncsc1C(N)Cc1c(Cl)cccc1Cl. The molecule has 0 aliphatic rings. The number of hydrogen-bond donors (Lipinski definition) is 1. The fraction of sp³-hybridized carbons (Fsp3) is 0.250. The summed E-state index contributed by atoms with van der Waals surface area (Å²) < 4.78 is 0. The molecule has 1 aromatic carbocycles. The predicted molar refractivity (Wildman–Crippen MR) is 73.9 cm³/mol. The molecule has 0 spiro atoms. The van der Waals surface area contributed by atoms with Crippen molar-refractivity contribution >= 4 is 34.5 Å². The van der Waals surface area contributed by atoms with Crippen LogP contribution in [0.15, 0.2) is 23.7 Å². The van der Waals surface area contributed by atoms with Gasteiger partial charge in [0.1, 0.15) is 0 Å². The highest BCUT2D eigenvalue weighted by molar-refractivity contribution is 7.09. The van der Waals surface area contributed by atoms with Crippen LogP contribution in [0.3, 0.4) is 0 Å². The normalized spacial score (nSPS) is 12.7. The maximum Gasteiger partial charge on any atom is 0.0798 e. The van der Waals surface area contributed by atoms with E-state index in [2.05, 4.69) is 4.98 Å². The number of nitrogens with two attached hydrogens (primary N) is 1. The van der Waals surface area contributed by atoms with Gasteiger partial charge in [0.25, 0.3) is 0 Å². The largest absolute Gasteiger partial charge is 0.323 e. The molecule has 90 valence electrons. The molecule has 1 aromatic heterocycles. The van der Waals surface area contributed by atoms with Crippen LogP contribution in [0.4, 0.5) is 0 Å². The Hall–Kier alpha value is -0.610. The molecule has 0 fully saturated rings. The van der Waals surface area contributed by atoms with Gasteiger partial charge in [0.2, 0.25) is 0 Å². The summed E-state index contributed by atoms with van der Waals surface area (Å²) in [7, 11) is 0. The zero-order valence-electron chi connectivity index (χ0n) is 9.28. The average Bonchev–Trinajstić information content (AvgIpc) is 2.70. The van der Waals surface area contributed by atoms with Crippen LogP contribution in [0, 0.1) is 6.92 Å². The Morgan fingerprint density at radius 1 is 1.35 bits per heavy atom. The van der Waals surface area contributed by atoms with Gasteiger partial charge in [-0.05, 0) is 31.0 Å². The highest BCUT2D eigenvalue weighted by Crippen LogP contribution is 2.30. The number of aromatic nitrogens is 1. The minimum Gasteiger partial charge on any atom is -0.323 e. The summed E-state index contributed by atoms with van der Waals surface area (Å²) in [5, 5.41) is 1.32. The summed E-state index contributed by atoms with van der Waals surface area (Å²) in [4.78, 5) is 5.28. The molecular weight excluding hydrogens is 275 g/mol. The Balaban J connectivity index is 2.25. The van der Waals surface area contributed by atoms with Crippen molar-refractivity contribution in [3.8, 4) is 0 Å². The molecule has 0 radical (unpaired) electrons. The summed E-state index contributed by atoms with van der Waals surface area (Å²) >= 11 is 13.8. The third kappa shape index (κ3) is 2.80. The van der Waals surface area contributed by atoms with E-state index in [0.29, 0.717) is 16.5 Å². The molecular formula is C12H12Cl2N2S. The molecule has 1 atom stereocenters. The zero-order valence-corrected chi connectivity index (χ0v) is 11.6. The number of thiazole rings is 1. The van der Waals surface area contributed by atoms with E-state index < -0.39 is 0 Å². The lowest BCUT2D eigenvalue weighted by molar-refractivity contribution is 0.729. The molecule has 2 N–H and O–H groups in total. The van der Waals surface area contributed by atoms with Crippen molar-refractivity contribution in [3.63, 3.8) is 0 Å². The summed E-state index contributed by atoms with van der Waals surface area (Å²) in [6.07, 6.45) is 0.627. The first-order chi connectivity index (χ1) is 8.09. The molecule has 2 aromatic rings. The summed E-state index contributed by atoms with van der Waals surface area (Å²) in [6.45, 7) is 1.96. The van der Waals surface area contributed by atoms with Crippen LogP contribution >= 0.6 is 34.5 Å². The Morgan fingerprint density at radius 3 is 2.53 bits per heavy atom. The van der Waals surface area contributed by atoms with E-state index in [9.17, 15) is 0 Å². The lowest BCUT2D eigenvalue weighted by atomic mass is 10.0. The molecule has 2 rings (SSSR count). The molecule has 0 aliphatic heterocycles. The smallest absolute Gasteiger partial charge is 0.0798 e. The van der Waals surface area contributed by atoms with Gasteiger partial charge in [-0.1, -0.05) is 29.3 Å². The average molecular weight is 287 g/mol. The Morgan fingerprint density at radius 2 is 2.00 bits per heavy atom. The van der Waals surface area contributed by atoms with Gasteiger partial charge >= 0.3 is 0 Å². The molecule has 0 saturated heterocycles. The molecule has 0 bridgehead atoms. The number of halogens is 2. The number of rotatable bonds is 3. The number of aryl methyl sites for hydroxylation is 1. The molecule has 5 heteroatoms. The third-order valence-corrected chi connectivity index (χ3v) is 4.38. The predicted octanol–water partition coefficient (Wildman–Crippen LogP) is 4.00. The quantitative estimate of drug-likeness (QED) is 0.926. The molecule has 1 heterocycles. The Labute approximate surface area is 114 Å². The first-order valence-electron chi connectivity index (χ1n) is 5.18. The lowest BCUT2D eigenvalue weighted by Crippen LogP contribution is -2.13. The van der Waals surface area contributed by atoms with E-state index in [0.717, 1.165) is 16.1 Å². The topological polar surface area (TPSA) is 38.9 Å². The molecule has 2 nitrogen and oxygen atoms in total. The maximum atomic E-state index is 6.16. The Bertz CT molecular complexity index is 505. The van der Waals surface area contributed by atoms with Crippen molar-refractivity contribution in [2.45, 2.75) is 19.4 Å². The minimum atomic E-state index is -0.111. The van der Waals surface area contributed by atoms with Crippen molar-refractivity contribution in [1.82, 2.24) is 4.98 Å². The summed E-state index contributed by atoms with van der Waals surface area (Å²) in [6, 6.07) is 5.38. The van der Waals surface area contributed by atoms with E-state index in [4.69, 9.17) is 28.9 Å². The molecule has 0 saturated carbocycles. The maximum absolute atomic E-state index is 6.16. The lowest BCUT2D eigenvalue weighted by Gasteiger charge is -2.13. The van der Waals surface area contributed by atoms with Crippen molar-refractivity contribution in [3.05, 3.63) is 49.9 Å². The van der Waals surface area contributed by atoms with E-state index in [1.165, 1.54) is 0 Å². The highest BCUT2D eigenvalue weighted by Gasteiger charge is 2.15. The van der Waals surface area contributed by atoms with Crippen LogP contribution in [0.2, 0.25) is 10.0 Å². The second-order valence-electron chi connectivity index (χ2n) is 3.81. The zero-order chi connectivity index (χ0) is 12.4. The van der Waals surface area contributed by atoms with Gasteiger partial charge in [-0.25, -0.2) is 4.98 Å². The second-order valence-corrected chi connectivity index (χ2v) is 5.51. The van der Waals surface area contributed by atoms with Crippen LogP contribution in [0.25, 0.3) is 0 Å². The van der Waals surface area contributed by atoms with Crippen LogP contribution < -0.4 is 5.73 Å². The van der Waals surface area contributed by atoms with Crippen LogP contribution in [-0.2, 0) is 6.42 Å². The van der Waals surface area contributed by atoms with Crippen molar-refractivity contribution < 1.29 is 0 Å². The van der Waals surface area contributed by atoms with Crippen LogP contribution in [0.1, 0.15) is 22.2 Å². The highest BCUT2D eigenvalue weighted by atomic mass is 35.5. The summed E-state index contributed by atoms with van der Waals surface area (Å²) in [5.74, 6) is 0.